The number of pyridine rings is 1. The number of hydrogen-bond acceptors (Lipinski definition) is 4. The molecule has 20 heavy (non-hydrogen) atoms. The van der Waals surface area contributed by atoms with E-state index < -0.39 is 0 Å². The molecule has 0 spiro atoms. The van der Waals surface area contributed by atoms with Gasteiger partial charge in [0.1, 0.15) is 0 Å². The molecule has 0 saturated heterocycles. The molecular formula is C14H19BrN4O. The quantitative estimate of drug-likeness (QED) is 0.786. The van der Waals surface area contributed by atoms with Gasteiger partial charge in [-0.25, -0.2) is 0 Å². The van der Waals surface area contributed by atoms with Gasteiger partial charge in [0.25, 0.3) is 0 Å². The molecule has 0 radical (unpaired) electrons. The van der Waals surface area contributed by atoms with Gasteiger partial charge in [-0.2, -0.15) is 5.10 Å². The average molecular weight is 339 g/mol. The van der Waals surface area contributed by atoms with Gasteiger partial charge in [-0.15, -0.1) is 0 Å². The lowest BCUT2D eigenvalue weighted by Crippen LogP contribution is -2.19. The summed E-state index contributed by atoms with van der Waals surface area (Å²) in [6.07, 6.45) is 3.72. The van der Waals surface area contributed by atoms with E-state index in [1.54, 1.807) is 13.3 Å². The van der Waals surface area contributed by atoms with Gasteiger partial charge in [0.2, 0.25) is 0 Å². The van der Waals surface area contributed by atoms with Crippen LogP contribution in [0.2, 0.25) is 0 Å². The standard InChI is InChI=1S/C14H19BrN4O/c1-11-12(7-16-5-6-20-2)8-18-19(11)10-14-4-3-13(15)9-17-14/h3-4,8-9,16H,5-7,10H2,1-2H3. The molecule has 0 bridgehead atoms. The van der Waals surface area contributed by atoms with Gasteiger partial charge in [0.05, 0.1) is 25.0 Å². The zero-order chi connectivity index (χ0) is 14.4. The zero-order valence-corrected chi connectivity index (χ0v) is 13.4. The maximum Gasteiger partial charge on any atom is 0.0834 e. The van der Waals surface area contributed by atoms with Crippen molar-refractivity contribution in [2.24, 2.45) is 0 Å². The van der Waals surface area contributed by atoms with E-state index in [-0.39, 0.29) is 0 Å². The first-order chi connectivity index (χ1) is 9.70. The molecule has 0 amide bonds. The lowest BCUT2D eigenvalue weighted by atomic mass is 10.2. The molecule has 2 aromatic rings. The highest BCUT2D eigenvalue weighted by Gasteiger charge is 2.07. The molecule has 2 aromatic heterocycles. The van der Waals surface area contributed by atoms with Crippen LogP contribution in [0, 0.1) is 6.92 Å². The normalized spacial score (nSPS) is 10.9. The SMILES string of the molecule is COCCNCc1cnn(Cc2ccc(Br)cn2)c1C. The Balaban J connectivity index is 1.96. The molecule has 0 aliphatic rings. The summed E-state index contributed by atoms with van der Waals surface area (Å²) in [5.74, 6) is 0. The Morgan fingerprint density at radius 1 is 1.35 bits per heavy atom. The third-order valence-corrected chi connectivity index (χ3v) is 3.57. The fourth-order valence-corrected chi connectivity index (χ4v) is 2.10. The Kier molecular flexibility index (Phi) is 5.70. The van der Waals surface area contributed by atoms with Crippen molar-refractivity contribution in [3.63, 3.8) is 0 Å². The van der Waals surface area contributed by atoms with Crippen molar-refractivity contribution in [3.8, 4) is 0 Å². The van der Waals surface area contributed by atoms with Crippen LogP contribution in [-0.4, -0.2) is 35.0 Å². The van der Waals surface area contributed by atoms with E-state index in [1.165, 1.54) is 11.3 Å². The maximum absolute atomic E-state index is 5.01. The number of hydrogen-bond donors (Lipinski definition) is 1. The summed E-state index contributed by atoms with van der Waals surface area (Å²) in [4.78, 5) is 4.37. The molecule has 0 fully saturated rings. The molecule has 0 aliphatic heterocycles. The summed E-state index contributed by atoms with van der Waals surface area (Å²) in [6.45, 7) is 5.14. The van der Waals surface area contributed by atoms with Crippen LogP contribution in [0.1, 0.15) is 17.0 Å². The van der Waals surface area contributed by atoms with E-state index in [9.17, 15) is 0 Å². The lowest BCUT2D eigenvalue weighted by Gasteiger charge is -2.06. The topological polar surface area (TPSA) is 52.0 Å². The van der Waals surface area contributed by atoms with Crippen LogP contribution in [0.3, 0.4) is 0 Å². The zero-order valence-electron chi connectivity index (χ0n) is 11.8. The van der Waals surface area contributed by atoms with Crippen LogP contribution in [0.25, 0.3) is 0 Å². The number of nitrogens with zero attached hydrogens (tertiary/aromatic N) is 3. The fourth-order valence-electron chi connectivity index (χ4n) is 1.87. The first-order valence-corrected chi connectivity index (χ1v) is 7.31. The Labute approximate surface area is 127 Å². The van der Waals surface area contributed by atoms with Gasteiger partial charge in [0, 0.05) is 42.1 Å². The summed E-state index contributed by atoms with van der Waals surface area (Å²) < 4.78 is 7.97. The molecule has 0 unspecified atom stereocenters. The molecule has 108 valence electrons. The van der Waals surface area contributed by atoms with Gasteiger partial charge < -0.3 is 10.1 Å². The number of rotatable bonds is 7. The molecule has 2 heterocycles. The van der Waals surface area contributed by atoms with Crippen LogP contribution < -0.4 is 5.32 Å². The monoisotopic (exact) mass is 338 g/mol. The molecule has 2 rings (SSSR count). The number of halogens is 1. The molecule has 0 saturated carbocycles. The maximum atomic E-state index is 5.01. The predicted molar refractivity (Wildman–Crippen MR) is 81.6 cm³/mol. The summed E-state index contributed by atoms with van der Waals surface area (Å²) in [5.41, 5.74) is 3.37. The Bertz CT molecular complexity index is 539. The van der Waals surface area contributed by atoms with Gasteiger partial charge in [-0.05, 0) is 35.0 Å². The Hall–Kier alpha value is -1.24. The van der Waals surface area contributed by atoms with E-state index in [2.05, 4.69) is 38.3 Å². The molecule has 0 aliphatic carbocycles. The highest BCUT2D eigenvalue weighted by Crippen LogP contribution is 2.11. The Morgan fingerprint density at radius 3 is 2.90 bits per heavy atom. The van der Waals surface area contributed by atoms with Gasteiger partial charge in [-0.1, -0.05) is 0 Å². The second kappa shape index (κ2) is 7.52. The first-order valence-electron chi connectivity index (χ1n) is 6.52. The van der Waals surface area contributed by atoms with Gasteiger partial charge in [-0.3, -0.25) is 9.67 Å². The van der Waals surface area contributed by atoms with Crippen molar-refractivity contribution in [2.75, 3.05) is 20.3 Å². The van der Waals surface area contributed by atoms with Crippen molar-refractivity contribution < 1.29 is 4.74 Å². The molecule has 5 nitrogen and oxygen atoms in total. The van der Waals surface area contributed by atoms with Gasteiger partial charge in [0.15, 0.2) is 0 Å². The van der Waals surface area contributed by atoms with Gasteiger partial charge >= 0.3 is 0 Å². The van der Waals surface area contributed by atoms with E-state index in [0.29, 0.717) is 6.54 Å². The lowest BCUT2D eigenvalue weighted by molar-refractivity contribution is 0.199. The molecule has 0 atom stereocenters. The number of methoxy groups -OCH3 is 1. The second-order valence-corrected chi connectivity index (χ2v) is 5.47. The molecule has 0 aromatic carbocycles. The van der Waals surface area contributed by atoms with Crippen molar-refractivity contribution in [1.82, 2.24) is 20.1 Å². The Morgan fingerprint density at radius 2 is 2.20 bits per heavy atom. The largest absolute Gasteiger partial charge is 0.383 e. The molecule has 1 N–H and O–H groups in total. The van der Waals surface area contributed by atoms with E-state index in [1.807, 2.05) is 23.0 Å². The average Bonchev–Trinajstić information content (AvgIpc) is 2.79. The minimum absolute atomic E-state index is 0.692. The van der Waals surface area contributed by atoms with E-state index in [0.717, 1.165) is 29.9 Å². The second-order valence-electron chi connectivity index (χ2n) is 4.55. The van der Waals surface area contributed by atoms with Crippen LogP contribution in [0.15, 0.2) is 29.0 Å². The third-order valence-electron chi connectivity index (χ3n) is 3.10. The highest BCUT2D eigenvalue weighted by molar-refractivity contribution is 9.10. The van der Waals surface area contributed by atoms with Crippen LogP contribution >= 0.6 is 15.9 Å². The minimum atomic E-state index is 0.692. The smallest absolute Gasteiger partial charge is 0.0834 e. The fraction of sp³-hybridized carbons (Fsp3) is 0.429. The molecular weight excluding hydrogens is 320 g/mol. The van der Waals surface area contributed by atoms with E-state index in [4.69, 9.17) is 4.74 Å². The van der Waals surface area contributed by atoms with Crippen LogP contribution in [0.5, 0.6) is 0 Å². The highest BCUT2D eigenvalue weighted by atomic mass is 79.9. The number of ether oxygens (including phenoxy) is 1. The van der Waals surface area contributed by atoms with Crippen molar-refractivity contribution in [2.45, 2.75) is 20.0 Å². The number of aromatic nitrogens is 3. The van der Waals surface area contributed by atoms with Crippen molar-refractivity contribution in [3.05, 3.63) is 46.0 Å². The van der Waals surface area contributed by atoms with E-state index >= 15 is 0 Å². The predicted octanol–water partition coefficient (Wildman–Crippen LogP) is 2.13. The van der Waals surface area contributed by atoms with Crippen molar-refractivity contribution in [1.29, 1.82) is 0 Å². The number of nitrogens with one attached hydrogen (secondary N) is 1. The summed E-state index contributed by atoms with van der Waals surface area (Å²) in [5, 5.41) is 7.75. The summed E-state index contributed by atoms with van der Waals surface area (Å²) in [6, 6.07) is 4.00. The van der Waals surface area contributed by atoms with Crippen LogP contribution in [-0.2, 0) is 17.8 Å². The third kappa shape index (κ3) is 4.13. The summed E-state index contributed by atoms with van der Waals surface area (Å²) in [7, 11) is 1.70. The summed E-state index contributed by atoms with van der Waals surface area (Å²) >= 11 is 3.39. The van der Waals surface area contributed by atoms with Crippen LogP contribution in [0.4, 0.5) is 0 Å². The molecule has 6 heteroatoms. The minimum Gasteiger partial charge on any atom is -0.383 e. The van der Waals surface area contributed by atoms with Crippen molar-refractivity contribution >= 4 is 15.9 Å². The first kappa shape index (κ1) is 15.2.